The van der Waals surface area contributed by atoms with E-state index < -0.39 is 0 Å². The van der Waals surface area contributed by atoms with Gasteiger partial charge in [-0.3, -0.25) is 0 Å². The summed E-state index contributed by atoms with van der Waals surface area (Å²) in [4.78, 5) is 7.37. The van der Waals surface area contributed by atoms with Crippen molar-refractivity contribution < 1.29 is 4.74 Å². The zero-order valence-corrected chi connectivity index (χ0v) is 29.3. The Morgan fingerprint density at radius 2 is 0.907 bits per heavy atom. The van der Waals surface area contributed by atoms with Crippen LogP contribution in [-0.2, 0) is 0 Å². The van der Waals surface area contributed by atoms with Gasteiger partial charge < -0.3 is 19.4 Å². The zero-order chi connectivity index (χ0) is 35.3. The molecule has 8 aromatic carbocycles. The lowest BCUT2D eigenvalue weighted by molar-refractivity contribution is 0.488. The van der Waals surface area contributed by atoms with Crippen LogP contribution in [-0.4, -0.2) is 13.4 Å². The van der Waals surface area contributed by atoms with Crippen LogP contribution in [0.15, 0.2) is 188 Å². The number of fused-ring (bicyclic) bond motifs is 10. The van der Waals surface area contributed by atoms with Gasteiger partial charge in [0.05, 0.1) is 0 Å². The van der Waals surface area contributed by atoms with Crippen LogP contribution in [0.4, 0.5) is 51.2 Å². The standard InChI is InChI=1S/C48H31B2N3O/c1-4-16-32(17-5-1)51(33-18-6-2-7-19-33)35-28-29-38-42(30-35)53-41-26-14-11-23-37(41)49-36-22-10-13-25-40(36)52(34-20-8-3-9-21-34)43-31-45-47(48(53)46(43)49)50(38)39-24-12-15-27-44(39)54-45/h1-31H. The molecule has 0 unspecified atom stereocenters. The summed E-state index contributed by atoms with van der Waals surface area (Å²) in [5.74, 6) is 1.83. The number of ether oxygens (including phenoxy) is 1. The predicted octanol–water partition coefficient (Wildman–Crippen LogP) is 8.17. The predicted molar refractivity (Wildman–Crippen MR) is 226 cm³/mol. The number of hydrogen-bond donors (Lipinski definition) is 0. The van der Waals surface area contributed by atoms with E-state index in [9.17, 15) is 0 Å². The molecule has 0 fully saturated rings. The normalized spacial score (nSPS) is 13.6. The molecule has 0 saturated carbocycles. The molecule has 0 saturated heterocycles. The average molecular weight is 687 g/mol. The topological polar surface area (TPSA) is 19.0 Å². The van der Waals surface area contributed by atoms with Crippen molar-refractivity contribution in [2.75, 3.05) is 14.7 Å². The maximum Gasteiger partial charge on any atom is 0.256 e. The van der Waals surface area contributed by atoms with E-state index in [-0.39, 0.29) is 13.4 Å². The SMILES string of the molecule is c1ccc(N(c2ccccc2)c2ccc3c(c2)N2c4ccccc4B4c5ccccc5N(c5ccccc5)c5cc6c(c2c54)B3c2ccccc2O6)cc1. The molecular weight excluding hydrogens is 656 g/mol. The summed E-state index contributed by atoms with van der Waals surface area (Å²) < 4.78 is 6.99. The smallest absolute Gasteiger partial charge is 0.256 e. The first-order valence-corrected chi connectivity index (χ1v) is 18.7. The van der Waals surface area contributed by atoms with Gasteiger partial charge in [-0.2, -0.15) is 0 Å². The van der Waals surface area contributed by atoms with Gasteiger partial charge in [0.25, 0.3) is 13.4 Å². The van der Waals surface area contributed by atoms with Crippen molar-refractivity contribution >= 4 is 97.4 Å². The Labute approximate surface area is 315 Å². The number of hydrogen-bond acceptors (Lipinski definition) is 4. The summed E-state index contributed by atoms with van der Waals surface area (Å²) in [6.45, 7) is 0.0531. The van der Waals surface area contributed by atoms with E-state index in [4.69, 9.17) is 4.74 Å². The minimum absolute atomic E-state index is 0.000656. The van der Waals surface area contributed by atoms with Crippen LogP contribution < -0.4 is 52.2 Å². The third-order valence-corrected chi connectivity index (χ3v) is 11.7. The summed E-state index contributed by atoms with van der Waals surface area (Å²) in [7, 11) is 0. The van der Waals surface area contributed by atoms with Crippen molar-refractivity contribution in [2.45, 2.75) is 0 Å². The van der Waals surface area contributed by atoms with E-state index in [1.165, 1.54) is 55.5 Å². The van der Waals surface area contributed by atoms with Crippen molar-refractivity contribution in [3.05, 3.63) is 188 Å². The largest absolute Gasteiger partial charge is 0.458 e. The fraction of sp³-hybridized carbons (Fsp3) is 0. The first-order valence-electron chi connectivity index (χ1n) is 18.7. The van der Waals surface area contributed by atoms with Crippen LogP contribution >= 0.6 is 0 Å². The summed E-state index contributed by atoms with van der Waals surface area (Å²) in [6.07, 6.45) is 0. The van der Waals surface area contributed by atoms with Crippen molar-refractivity contribution in [1.82, 2.24) is 0 Å². The Kier molecular flexibility index (Phi) is 6.20. The first kappa shape index (κ1) is 29.6. The number of benzene rings is 8. The van der Waals surface area contributed by atoms with Crippen molar-refractivity contribution in [2.24, 2.45) is 0 Å². The maximum absolute atomic E-state index is 6.99. The van der Waals surface area contributed by atoms with Gasteiger partial charge in [-0.15, -0.1) is 0 Å². The summed E-state index contributed by atoms with van der Waals surface area (Å²) >= 11 is 0. The number of nitrogens with zero attached hydrogens (tertiary/aromatic N) is 3. The highest BCUT2D eigenvalue weighted by molar-refractivity contribution is 7.04. The molecule has 250 valence electrons. The number of para-hydroxylation sites is 6. The lowest BCUT2D eigenvalue weighted by atomic mass is 9.29. The lowest BCUT2D eigenvalue weighted by Gasteiger charge is -2.49. The third-order valence-electron chi connectivity index (χ3n) is 11.7. The fourth-order valence-electron chi connectivity index (χ4n) is 9.56. The Bertz CT molecular complexity index is 2750. The highest BCUT2D eigenvalue weighted by atomic mass is 16.5. The maximum atomic E-state index is 6.99. The van der Waals surface area contributed by atoms with Gasteiger partial charge in [-0.25, -0.2) is 0 Å². The molecule has 6 heteroatoms. The van der Waals surface area contributed by atoms with Gasteiger partial charge in [0.1, 0.15) is 11.5 Å². The van der Waals surface area contributed by atoms with Crippen LogP contribution in [0, 0.1) is 0 Å². The second-order valence-corrected chi connectivity index (χ2v) is 14.4. The molecule has 0 spiro atoms. The number of anilines is 9. The fourth-order valence-corrected chi connectivity index (χ4v) is 9.56. The van der Waals surface area contributed by atoms with Crippen LogP contribution in [0.25, 0.3) is 0 Å². The first-order chi connectivity index (χ1) is 26.8. The number of rotatable bonds is 4. The molecule has 12 rings (SSSR count). The monoisotopic (exact) mass is 687 g/mol. The van der Waals surface area contributed by atoms with Crippen LogP contribution in [0.2, 0.25) is 0 Å². The quantitative estimate of drug-likeness (QED) is 0.174. The molecule has 0 amide bonds. The Morgan fingerprint density at radius 3 is 1.59 bits per heavy atom. The molecular formula is C48H31B2N3O. The van der Waals surface area contributed by atoms with Crippen LogP contribution in [0.1, 0.15) is 0 Å². The molecule has 0 atom stereocenters. The molecule has 4 aliphatic rings. The second kappa shape index (κ2) is 11.3. The molecule has 0 aliphatic carbocycles. The van der Waals surface area contributed by atoms with Crippen molar-refractivity contribution in [3.63, 3.8) is 0 Å². The molecule has 0 bridgehead atoms. The molecule has 8 aromatic rings. The van der Waals surface area contributed by atoms with Gasteiger partial charge >= 0.3 is 0 Å². The van der Waals surface area contributed by atoms with E-state index in [1.807, 2.05) is 0 Å². The van der Waals surface area contributed by atoms with E-state index >= 15 is 0 Å². The van der Waals surface area contributed by atoms with E-state index in [2.05, 4.69) is 203 Å². The minimum atomic E-state index is 0.000656. The molecule has 4 aliphatic heterocycles. The van der Waals surface area contributed by atoms with Gasteiger partial charge in [0.15, 0.2) is 0 Å². The Morgan fingerprint density at radius 1 is 0.370 bits per heavy atom. The zero-order valence-electron chi connectivity index (χ0n) is 29.3. The minimum Gasteiger partial charge on any atom is -0.458 e. The summed E-state index contributed by atoms with van der Waals surface area (Å²) in [6, 6.07) is 68.2. The molecule has 0 radical (unpaired) electrons. The molecule has 54 heavy (non-hydrogen) atoms. The van der Waals surface area contributed by atoms with E-state index in [0.717, 1.165) is 39.9 Å². The molecule has 4 heterocycles. The Hall–Kier alpha value is -6.91. The second-order valence-electron chi connectivity index (χ2n) is 14.4. The molecule has 0 aromatic heterocycles. The van der Waals surface area contributed by atoms with Gasteiger partial charge in [0.2, 0.25) is 0 Å². The molecule has 0 N–H and O–H groups in total. The highest BCUT2D eigenvalue weighted by Crippen LogP contribution is 2.48. The van der Waals surface area contributed by atoms with Gasteiger partial charge in [0, 0.05) is 57.3 Å². The lowest BCUT2D eigenvalue weighted by Crippen LogP contribution is -2.67. The van der Waals surface area contributed by atoms with Crippen molar-refractivity contribution in [1.29, 1.82) is 0 Å². The summed E-state index contributed by atoms with van der Waals surface area (Å²) in [5, 5.41) is 0. The highest BCUT2D eigenvalue weighted by Gasteiger charge is 2.51. The Balaban J connectivity index is 1.19. The summed E-state index contributed by atoms with van der Waals surface area (Å²) in [5.41, 5.74) is 18.1. The molecule has 4 nitrogen and oxygen atoms in total. The van der Waals surface area contributed by atoms with Crippen LogP contribution in [0.3, 0.4) is 0 Å². The van der Waals surface area contributed by atoms with Gasteiger partial charge in [-0.05, 0) is 99.5 Å². The van der Waals surface area contributed by atoms with Crippen LogP contribution in [0.5, 0.6) is 11.5 Å². The van der Waals surface area contributed by atoms with Gasteiger partial charge in [-0.1, -0.05) is 115 Å². The average Bonchev–Trinajstić information content (AvgIpc) is 3.24. The van der Waals surface area contributed by atoms with E-state index in [0.29, 0.717) is 0 Å². The van der Waals surface area contributed by atoms with Crippen molar-refractivity contribution in [3.8, 4) is 11.5 Å². The third kappa shape index (κ3) is 4.05. The van der Waals surface area contributed by atoms with E-state index in [1.54, 1.807) is 0 Å².